The highest BCUT2D eigenvalue weighted by molar-refractivity contribution is 6.02. The van der Waals surface area contributed by atoms with Gasteiger partial charge in [0.05, 0.1) is 11.4 Å². The summed E-state index contributed by atoms with van der Waals surface area (Å²) in [5.74, 6) is -2.92. The highest BCUT2D eigenvalue weighted by Crippen LogP contribution is 2.36. The van der Waals surface area contributed by atoms with Gasteiger partial charge in [-0.2, -0.15) is 0 Å². The Morgan fingerprint density at radius 1 is 1.11 bits per heavy atom. The lowest BCUT2D eigenvalue weighted by Gasteiger charge is -2.17. The minimum atomic E-state index is -0.831. The van der Waals surface area contributed by atoms with Gasteiger partial charge in [-0.25, -0.2) is 13.2 Å². The van der Waals surface area contributed by atoms with Crippen molar-refractivity contribution in [1.29, 1.82) is 0 Å². The summed E-state index contributed by atoms with van der Waals surface area (Å²) < 4.78 is 42.1. The number of rotatable bonds is 6. The Bertz CT molecular complexity index is 897. The van der Waals surface area contributed by atoms with Crippen LogP contribution in [0.25, 0.3) is 16.8 Å². The molecule has 0 bridgehead atoms. The molecular weight excluding hydrogens is 357 g/mol. The number of nitrogen functional groups attached to an aromatic ring is 1. The van der Waals surface area contributed by atoms with E-state index in [0.717, 1.165) is 30.7 Å². The van der Waals surface area contributed by atoms with Gasteiger partial charge in [-0.3, -0.25) is 4.79 Å². The molecule has 0 heterocycles. The first-order chi connectivity index (χ1) is 12.8. The number of amides is 1. The van der Waals surface area contributed by atoms with Gasteiger partial charge in [-0.1, -0.05) is 6.92 Å². The SMILES string of the molecule is CCCNC(=O)/C(N)=C(\NC)c1ccc(F)c(-c2cc(F)ccc2F)c1N. The van der Waals surface area contributed by atoms with Gasteiger partial charge in [0.25, 0.3) is 5.91 Å². The molecule has 1 amide bonds. The molecule has 0 unspecified atom stereocenters. The van der Waals surface area contributed by atoms with E-state index in [2.05, 4.69) is 10.6 Å². The van der Waals surface area contributed by atoms with E-state index in [0.29, 0.717) is 6.54 Å². The van der Waals surface area contributed by atoms with Crippen molar-refractivity contribution in [2.45, 2.75) is 13.3 Å². The summed E-state index contributed by atoms with van der Waals surface area (Å²) in [5.41, 5.74) is 11.4. The van der Waals surface area contributed by atoms with E-state index < -0.39 is 23.4 Å². The van der Waals surface area contributed by atoms with Crippen LogP contribution in [0, 0.1) is 17.5 Å². The predicted molar refractivity (Wildman–Crippen MR) is 99.6 cm³/mol. The van der Waals surface area contributed by atoms with E-state index in [9.17, 15) is 18.0 Å². The topological polar surface area (TPSA) is 93.2 Å². The van der Waals surface area contributed by atoms with E-state index >= 15 is 0 Å². The molecule has 5 nitrogen and oxygen atoms in total. The number of anilines is 1. The van der Waals surface area contributed by atoms with Gasteiger partial charge in [0.15, 0.2) is 0 Å². The van der Waals surface area contributed by atoms with Gasteiger partial charge in [-0.05, 0) is 36.8 Å². The number of nitrogens with one attached hydrogen (secondary N) is 2. The Balaban J connectivity index is 2.65. The molecule has 0 saturated heterocycles. The van der Waals surface area contributed by atoms with Gasteiger partial charge in [0.1, 0.15) is 23.1 Å². The predicted octanol–water partition coefficient (Wildman–Crippen LogP) is 2.73. The number of hydrogen-bond acceptors (Lipinski definition) is 4. The molecule has 144 valence electrons. The van der Waals surface area contributed by atoms with Crippen LogP contribution in [0.3, 0.4) is 0 Å². The van der Waals surface area contributed by atoms with Crippen LogP contribution in [-0.4, -0.2) is 19.5 Å². The average Bonchev–Trinajstić information content (AvgIpc) is 2.64. The molecule has 0 atom stereocenters. The molecule has 0 fully saturated rings. The summed E-state index contributed by atoms with van der Waals surface area (Å²) in [6.45, 7) is 2.31. The molecule has 0 saturated carbocycles. The van der Waals surface area contributed by atoms with Crippen LogP contribution in [-0.2, 0) is 4.79 Å². The standard InChI is InChI=1S/C19H21F3N4O/c1-3-8-26-19(27)17(24)18(25-2)11-5-7-14(22)15(16(11)23)12-9-10(20)4-6-13(12)21/h4-7,9,25H,3,8,23-24H2,1-2H3,(H,26,27)/b18-17+. The zero-order valence-electron chi connectivity index (χ0n) is 15.0. The largest absolute Gasteiger partial charge is 0.398 e. The second-order valence-electron chi connectivity index (χ2n) is 5.80. The van der Waals surface area contributed by atoms with Crippen molar-refractivity contribution in [3.05, 3.63) is 59.0 Å². The van der Waals surface area contributed by atoms with Crippen LogP contribution in [0.2, 0.25) is 0 Å². The normalized spacial score (nSPS) is 11.7. The lowest BCUT2D eigenvalue weighted by molar-refractivity contribution is -0.117. The minimum Gasteiger partial charge on any atom is -0.398 e. The van der Waals surface area contributed by atoms with Gasteiger partial charge in [0.2, 0.25) is 0 Å². The smallest absolute Gasteiger partial charge is 0.269 e. The van der Waals surface area contributed by atoms with Gasteiger partial charge in [0, 0.05) is 30.3 Å². The van der Waals surface area contributed by atoms with Crippen molar-refractivity contribution in [3.8, 4) is 11.1 Å². The monoisotopic (exact) mass is 378 g/mol. The number of hydrogen-bond donors (Lipinski definition) is 4. The Morgan fingerprint density at radius 2 is 1.78 bits per heavy atom. The Kier molecular flexibility index (Phi) is 6.33. The molecule has 27 heavy (non-hydrogen) atoms. The summed E-state index contributed by atoms with van der Waals surface area (Å²) in [4.78, 5) is 12.1. The van der Waals surface area contributed by atoms with E-state index in [1.165, 1.54) is 13.1 Å². The molecule has 2 aromatic carbocycles. The highest BCUT2D eigenvalue weighted by atomic mass is 19.1. The number of carbonyl (C=O) groups is 1. The first kappa shape index (κ1) is 20.2. The van der Waals surface area contributed by atoms with Crippen molar-refractivity contribution in [3.63, 3.8) is 0 Å². The van der Waals surface area contributed by atoms with Crippen molar-refractivity contribution in [2.75, 3.05) is 19.3 Å². The highest BCUT2D eigenvalue weighted by Gasteiger charge is 2.21. The second kappa shape index (κ2) is 8.48. The fourth-order valence-electron chi connectivity index (χ4n) is 2.64. The molecule has 0 aliphatic heterocycles. The average molecular weight is 378 g/mol. The maximum Gasteiger partial charge on any atom is 0.269 e. The molecule has 0 aromatic heterocycles. The Hall–Kier alpha value is -3.16. The fraction of sp³-hybridized carbons (Fsp3) is 0.211. The first-order valence-corrected chi connectivity index (χ1v) is 8.31. The van der Waals surface area contributed by atoms with E-state index in [1.54, 1.807) is 0 Å². The summed E-state index contributed by atoms with van der Waals surface area (Å²) in [7, 11) is 1.51. The number of benzene rings is 2. The van der Waals surface area contributed by atoms with Crippen LogP contribution in [0.15, 0.2) is 36.0 Å². The molecule has 2 rings (SSSR count). The molecule has 2 aromatic rings. The minimum absolute atomic E-state index is 0.152. The zero-order chi connectivity index (χ0) is 20.1. The first-order valence-electron chi connectivity index (χ1n) is 8.31. The molecule has 0 aliphatic carbocycles. The van der Waals surface area contributed by atoms with E-state index in [1.807, 2.05) is 6.92 Å². The summed E-state index contributed by atoms with van der Waals surface area (Å²) in [6, 6.07) is 5.04. The molecular formula is C19H21F3N4O. The van der Waals surface area contributed by atoms with Crippen molar-refractivity contribution in [1.82, 2.24) is 10.6 Å². The van der Waals surface area contributed by atoms with Crippen LogP contribution >= 0.6 is 0 Å². The van der Waals surface area contributed by atoms with Gasteiger partial charge < -0.3 is 22.1 Å². The summed E-state index contributed by atoms with van der Waals surface area (Å²) >= 11 is 0. The second-order valence-corrected chi connectivity index (χ2v) is 5.80. The van der Waals surface area contributed by atoms with E-state index in [4.69, 9.17) is 11.5 Å². The lowest BCUT2D eigenvalue weighted by Crippen LogP contribution is -2.32. The Morgan fingerprint density at radius 3 is 2.41 bits per heavy atom. The number of carbonyl (C=O) groups excluding carboxylic acids is 1. The maximum absolute atomic E-state index is 14.4. The van der Waals surface area contributed by atoms with Crippen LogP contribution < -0.4 is 22.1 Å². The summed E-state index contributed by atoms with van der Waals surface area (Å²) in [5, 5.41) is 5.39. The molecule has 0 spiro atoms. The maximum atomic E-state index is 14.4. The lowest BCUT2D eigenvalue weighted by atomic mass is 9.96. The van der Waals surface area contributed by atoms with Crippen LogP contribution in [0.4, 0.5) is 18.9 Å². The number of nitrogens with two attached hydrogens (primary N) is 2. The third-order valence-corrected chi connectivity index (χ3v) is 3.96. The van der Waals surface area contributed by atoms with Crippen molar-refractivity contribution < 1.29 is 18.0 Å². The van der Waals surface area contributed by atoms with Crippen LogP contribution in [0.5, 0.6) is 0 Å². The van der Waals surface area contributed by atoms with Crippen LogP contribution in [0.1, 0.15) is 18.9 Å². The molecule has 0 radical (unpaired) electrons. The third kappa shape index (κ3) is 4.16. The molecule has 6 N–H and O–H groups in total. The van der Waals surface area contributed by atoms with Crippen molar-refractivity contribution in [2.24, 2.45) is 5.73 Å². The quantitative estimate of drug-likeness (QED) is 0.459. The molecule has 0 aliphatic rings. The van der Waals surface area contributed by atoms with Gasteiger partial charge >= 0.3 is 0 Å². The summed E-state index contributed by atoms with van der Waals surface area (Å²) in [6.07, 6.45) is 0.718. The number of halogens is 3. The van der Waals surface area contributed by atoms with E-state index in [-0.39, 0.29) is 33.8 Å². The Labute approximate surface area is 155 Å². The zero-order valence-corrected chi connectivity index (χ0v) is 15.0. The molecule has 8 heteroatoms. The van der Waals surface area contributed by atoms with Crippen molar-refractivity contribution >= 4 is 17.3 Å². The third-order valence-electron chi connectivity index (χ3n) is 3.96. The fourth-order valence-corrected chi connectivity index (χ4v) is 2.64. The van der Waals surface area contributed by atoms with Gasteiger partial charge in [-0.15, -0.1) is 0 Å².